The molecule has 6 heterocycles. The van der Waals surface area contributed by atoms with Gasteiger partial charge in [0.25, 0.3) is 0 Å². The number of benzene rings is 2. The zero-order chi connectivity index (χ0) is 25.1. The Bertz CT molecular complexity index is 1640. The number of hydrogen-bond donors (Lipinski definition) is 1. The zero-order valence-electron chi connectivity index (χ0n) is 21.0. The number of nitrogens with one attached hydrogen (secondary N) is 1. The van der Waals surface area contributed by atoms with E-state index in [1.807, 2.05) is 54.9 Å². The van der Waals surface area contributed by atoms with E-state index >= 15 is 0 Å². The molecule has 186 valence electrons. The van der Waals surface area contributed by atoms with Gasteiger partial charge in [-0.2, -0.15) is 0 Å². The Kier molecular flexibility index (Phi) is 4.97. The Morgan fingerprint density at radius 1 is 0.946 bits per heavy atom. The highest BCUT2D eigenvalue weighted by atomic mass is 16.5. The predicted octanol–water partition coefficient (Wildman–Crippen LogP) is 4.04. The van der Waals surface area contributed by atoms with E-state index in [-0.39, 0.29) is 0 Å². The van der Waals surface area contributed by atoms with Crippen molar-refractivity contribution >= 4 is 39.5 Å². The molecule has 2 unspecified atom stereocenters. The highest BCUT2D eigenvalue weighted by Crippen LogP contribution is 2.33. The highest BCUT2D eigenvalue weighted by molar-refractivity contribution is 5.87. The first-order valence-corrected chi connectivity index (χ1v) is 12.4. The highest BCUT2D eigenvalue weighted by Gasteiger charge is 2.42. The van der Waals surface area contributed by atoms with Gasteiger partial charge in [-0.05, 0) is 56.3 Å². The maximum absolute atomic E-state index is 6.17. The van der Waals surface area contributed by atoms with Crippen LogP contribution in [0, 0.1) is 6.92 Å². The summed E-state index contributed by atoms with van der Waals surface area (Å²) in [6, 6.07) is 13.1. The third-order valence-electron chi connectivity index (χ3n) is 7.57. The van der Waals surface area contributed by atoms with Gasteiger partial charge >= 0.3 is 0 Å². The predicted molar refractivity (Wildman–Crippen MR) is 143 cm³/mol. The van der Waals surface area contributed by atoms with Gasteiger partial charge in [0.1, 0.15) is 28.9 Å². The summed E-state index contributed by atoms with van der Waals surface area (Å²) in [7, 11) is 4.18. The average molecular weight is 494 g/mol. The van der Waals surface area contributed by atoms with E-state index in [4.69, 9.17) is 9.72 Å². The Hall–Kier alpha value is -4.31. The number of aromatic nitrogens is 6. The molecule has 2 aromatic carbocycles. The standard InChI is InChI=1S/C27H27N9O/c1-16-8-17(4-7-24(16)37-20-5-6-23-21(10-20)31-15-34(23)2)32-26-25-22(29-14-30-26)11-28-27(33-25)36-12-18-9-19(13-36)35(18)3/h4-8,10-11,14-15,18-19H,9,12-13H2,1-3H3,(H,29,30,32). The van der Waals surface area contributed by atoms with Crippen LogP contribution in [0.2, 0.25) is 0 Å². The van der Waals surface area contributed by atoms with E-state index in [2.05, 4.69) is 42.1 Å². The summed E-state index contributed by atoms with van der Waals surface area (Å²) in [5, 5.41) is 3.42. The normalized spacial score (nSPS) is 19.3. The van der Waals surface area contributed by atoms with Gasteiger partial charge in [0.2, 0.25) is 5.95 Å². The minimum atomic E-state index is 0.581. The molecule has 10 nitrogen and oxygen atoms in total. The number of imidazole rings is 1. The van der Waals surface area contributed by atoms with Crippen LogP contribution in [0.15, 0.2) is 55.2 Å². The molecule has 8 rings (SSSR count). The lowest BCUT2D eigenvalue weighted by Gasteiger charge is -2.54. The SMILES string of the molecule is Cc1cc(Nc2ncnc3cnc(N4CC5CC(C4)N5C)nc23)ccc1Oc1ccc2c(c1)ncn2C. The molecular weight excluding hydrogens is 466 g/mol. The zero-order valence-corrected chi connectivity index (χ0v) is 21.0. The molecule has 3 saturated heterocycles. The van der Waals surface area contributed by atoms with Gasteiger partial charge in [-0.15, -0.1) is 0 Å². The van der Waals surface area contributed by atoms with Gasteiger partial charge in [-0.25, -0.2) is 24.9 Å². The first-order valence-electron chi connectivity index (χ1n) is 12.4. The van der Waals surface area contributed by atoms with Crippen LogP contribution in [-0.4, -0.2) is 66.6 Å². The number of piperidine rings is 1. The number of nitrogens with zero attached hydrogens (tertiary/aromatic N) is 8. The Morgan fingerprint density at radius 2 is 1.81 bits per heavy atom. The first kappa shape index (κ1) is 21.9. The number of fused-ring (bicyclic) bond motifs is 4. The second-order valence-electron chi connectivity index (χ2n) is 9.95. The Labute approximate surface area is 214 Å². The lowest BCUT2D eigenvalue weighted by molar-refractivity contribution is 0.0258. The summed E-state index contributed by atoms with van der Waals surface area (Å²) in [6.45, 7) is 3.92. The van der Waals surface area contributed by atoms with Crippen molar-refractivity contribution in [2.45, 2.75) is 25.4 Å². The average Bonchev–Trinajstić information content (AvgIpc) is 3.29. The molecule has 2 bridgehead atoms. The van der Waals surface area contributed by atoms with Crippen molar-refractivity contribution in [1.82, 2.24) is 34.4 Å². The van der Waals surface area contributed by atoms with Crippen LogP contribution in [0.3, 0.4) is 0 Å². The number of aryl methyl sites for hydroxylation is 2. The molecule has 1 N–H and O–H groups in total. The molecule has 0 spiro atoms. The minimum absolute atomic E-state index is 0.581. The quantitative estimate of drug-likeness (QED) is 0.389. The lowest BCUT2D eigenvalue weighted by Crippen LogP contribution is -2.67. The Morgan fingerprint density at radius 3 is 2.62 bits per heavy atom. The van der Waals surface area contributed by atoms with Crippen LogP contribution in [-0.2, 0) is 7.05 Å². The van der Waals surface area contributed by atoms with E-state index in [0.29, 0.717) is 28.9 Å². The van der Waals surface area contributed by atoms with Crippen LogP contribution in [0.5, 0.6) is 11.5 Å². The topological polar surface area (TPSA) is 97.1 Å². The van der Waals surface area contributed by atoms with E-state index in [9.17, 15) is 0 Å². The van der Waals surface area contributed by atoms with Crippen molar-refractivity contribution in [1.29, 1.82) is 0 Å². The third-order valence-corrected chi connectivity index (χ3v) is 7.57. The number of hydrogen-bond acceptors (Lipinski definition) is 9. The van der Waals surface area contributed by atoms with Crippen molar-refractivity contribution in [2.75, 3.05) is 30.4 Å². The van der Waals surface area contributed by atoms with Crippen molar-refractivity contribution in [3.63, 3.8) is 0 Å². The van der Waals surface area contributed by atoms with Gasteiger partial charge in [0.05, 0.1) is 23.6 Å². The molecule has 2 atom stereocenters. The molecule has 10 heteroatoms. The third kappa shape index (κ3) is 3.80. The Balaban J connectivity index is 1.13. The van der Waals surface area contributed by atoms with Crippen molar-refractivity contribution in [3.8, 4) is 11.5 Å². The molecule has 0 amide bonds. The van der Waals surface area contributed by atoms with Crippen molar-refractivity contribution in [3.05, 3.63) is 60.8 Å². The van der Waals surface area contributed by atoms with Crippen LogP contribution in [0.1, 0.15) is 12.0 Å². The van der Waals surface area contributed by atoms with Gasteiger partial charge in [0, 0.05) is 44.0 Å². The number of rotatable bonds is 5. The maximum Gasteiger partial charge on any atom is 0.226 e. The maximum atomic E-state index is 6.17. The smallest absolute Gasteiger partial charge is 0.226 e. The van der Waals surface area contributed by atoms with E-state index in [1.54, 1.807) is 12.5 Å². The van der Waals surface area contributed by atoms with Gasteiger partial charge in [-0.1, -0.05) is 0 Å². The van der Waals surface area contributed by atoms with Gasteiger partial charge < -0.3 is 19.5 Å². The molecular formula is C27H27N9O. The molecule has 3 aliphatic heterocycles. The second-order valence-corrected chi connectivity index (χ2v) is 9.95. The van der Waals surface area contributed by atoms with Crippen LogP contribution in [0.4, 0.5) is 17.5 Å². The molecule has 37 heavy (non-hydrogen) atoms. The molecule has 0 radical (unpaired) electrons. The summed E-state index contributed by atoms with van der Waals surface area (Å²) in [5.41, 5.74) is 5.28. The monoisotopic (exact) mass is 493 g/mol. The molecule has 5 aromatic rings. The summed E-state index contributed by atoms with van der Waals surface area (Å²) in [5.74, 6) is 2.92. The van der Waals surface area contributed by atoms with E-state index in [1.165, 1.54) is 12.7 Å². The fraction of sp³-hybridized carbons (Fsp3) is 0.296. The summed E-state index contributed by atoms with van der Waals surface area (Å²) >= 11 is 0. The van der Waals surface area contributed by atoms with Crippen LogP contribution < -0.4 is 15.0 Å². The van der Waals surface area contributed by atoms with E-state index in [0.717, 1.165) is 52.8 Å². The molecule has 0 saturated carbocycles. The van der Waals surface area contributed by atoms with Gasteiger partial charge in [-0.3, -0.25) is 4.90 Å². The second kappa shape index (κ2) is 8.38. The number of piperazine rings is 1. The number of likely N-dealkylation sites (N-methyl/N-ethyl adjacent to an activating group) is 1. The van der Waals surface area contributed by atoms with Crippen molar-refractivity contribution < 1.29 is 4.74 Å². The molecule has 3 aromatic heterocycles. The summed E-state index contributed by atoms with van der Waals surface area (Å²) < 4.78 is 8.16. The molecule has 3 fully saturated rings. The van der Waals surface area contributed by atoms with E-state index < -0.39 is 0 Å². The molecule has 0 aliphatic carbocycles. The number of anilines is 3. The molecule has 3 aliphatic rings. The lowest BCUT2D eigenvalue weighted by atomic mass is 9.89. The minimum Gasteiger partial charge on any atom is -0.457 e. The largest absolute Gasteiger partial charge is 0.457 e. The van der Waals surface area contributed by atoms with Crippen molar-refractivity contribution in [2.24, 2.45) is 7.05 Å². The van der Waals surface area contributed by atoms with Crippen LogP contribution in [0.25, 0.3) is 22.1 Å². The number of ether oxygens (including phenoxy) is 1. The summed E-state index contributed by atoms with van der Waals surface area (Å²) in [4.78, 5) is 27.5. The summed E-state index contributed by atoms with van der Waals surface area (Å²) in [6.07, 6.45) is 6.39. The first-order chi connectivity index (χ1) is 18.0. The van der Waals surface area contributed by atoms with Crippen LogP contribution >= 0.6 is 0 Å². The van der Waals surface area contributed by atoms with Gasteiger partial charge in [0.15, 0.2) is 5.82 Å². The fourth-order valence-electron chi connectivity index (χ4n) is 5.33. The fourth-order valence-corrected chi connectivity index (χ4v) is 5.33.